The summed E-state index contributed by atoms with van der Waals surface area (Å²) in [5, 5.41) is 0. The third-order valence-corrected chi connectivity index (χ3v) is 10.1. The van der Waals surface area contributed by atoms with Crippen LogP contribution in [0.2, 0.25) is 0 Å². The first kappa shape index (κ1) is 72.4. The van der Waals surface area contributed by atoms with Crippen molar-refractivity contribution < 1.29 is 195 Å². The fourth-order valence-electron chi connectivity index (χ4n) is 5.47. The molecule has 1 rings (SSSR count). The van der Waals surface area contributed by atoms with Gasteiger partial charge in [-0.3, -0.25) is 0 Å². The summed E-state index contributed by atoms with van der Waals surface area (Å²) in [7, 11) is 0.353. The van der Waals surface area contributed by atoms with Gasteiger partial charge in [0.2, 0.25) is 5.75 Å². The van der Waals surface area contributed by atoms with Gasteiger partial charge in [-0.05, 0) is 31.4 Å². The normalized spacial score (nSPS) is 15.6. The molecule has 0 bridgehead atoms. The summed E-state index contributed by atoms with van der Waals surface area (Å²) in [5.74, 6) is -127. The van der Waals surface area contributed by atoms with E-state index in [-0.39, 0.29) is 12.1 Å². The molecule has 466 valence electrons. The van der Waals surface area contributed by atoms with Gasteiger partial charge in [-0.15, -0.1) is 0 Å². The van der Waals surface area contributed by atoms with E-state index in [4.69, 9.17) is 0 Å². The van der Waals surface area contributed by atoms with Crippen LogP contribution < -0.4 is 14.2 Å². The highest BCUT2D eigenvalue weighted by Gasteiger charge is 2.93. The van der Waals surface area contributed by atoms with Crippen LogP contribution in [0, 0.1) is 0 Å². The Morgan fingerprint density at radius 1 is 0.316 bits per heavy atom. The molecule has 0 unspecified atom stereocenters. The van der Waals surface area contributed by atoms with Gasteiger partial charge in [-0.25, -0.2) is 4.79 Å². The Balaban J connectivity index is 3.87. The quantitative estimate of drug-likeness (QED) is 0.0475. The van der Waals surface area contributed by atoms with E-state index in [0.29, 0.717) is 7.11 Å². The molecule has 0 heterocycles. The van der Waals surface area contributed by atoms with Crippen molar-refractivity contribution in [2.45, 2.75) is 146 Å². The van der Waals surface area contributed by atoms with E-state index < -0.39 is 194 Å². The van der Waals surface area contributed by atoms with Crippen molar-refractivity contribution >= 4 is 5.97 Å². The first-order chi connectivity index (χ1) is 34.4. The largest absolute Gasteiger partial charge is 0.490 e. The summed E-state index contributed by atoms with van der Waals surface area (Å²) in [5.41, 5.74) is -1.35. The first-order valence-corrected chi connectivity index (χ1v) is 19.4. The molecule has 0 amide bonds. The minimum Gasteiger partial charge on any atom is -0.490 e. The number of carbonyl (C=O) groups is 1. The Hall–Kier alpha value is -4.64. The molecule has 79 heavy (non-hydrogen) atoms. The topological polar surface area (TPSA) is 54.0 Å². The molecule has 0 aromatic heterocycles. The second kappa shape index (κ2) is 21.6. The number of rotatable bonds is 28. The van der Waals surface area contributed by atoms with E-state index in [1.807, 2.05) is 0 Å². The number of alkyl halides is 39. The molecule has 44 heteroatoms. The first-order valence-electron chi connectivity index (χ1n) is 19.4. The van der Waals surface area contributed by atoms with E-state index >= 15 is 0 Å². The Labute approximate surface area is 409 Å². The van der Waals surface area contributed by atoms with E-state index in [2.05, 4.69) is 18.9 Å². The molecular weight excluding hydrogens is 1240 g/mol. The molecular formula is C35H23F39O5. The van der Waals surface area contributed by atoms with E-state index in [1.165, 1.54) is 0 Å². The van der Waals surface area contributed by atoms with Crippen molar-refractivity contribution in [3.63, 3.8) is 0 Å². The van der Waals surface area contributed by atoms with Crippen molar-refractivity contribution in [2.24, 2.45) is 0 Å². The van der Waals surface area contributed by atoms with Gasteiger partial charge in [0, 0.05) is 19.3 Å². The molecule has 1 aromatic carbocycles. The van der Waals surface area contributed by atoms with E-state index in [9.17, 15) is 176 Å². The van der Waals surface area contributed by atoms with Gasteiger partial charge in [0.25, 0.3) is 0 Å². The summed E-state index contributed by atoms with van der Waals surface area (Å²) in [6, 6.07) is -0.122. The predicted octanol–water partition coefficient (Wildman–Crippen LogP) is 16.2. The summed E-state index contributed by atoms with van der Waals surface area (Å²) in [4.78, 5) is 12.3. The average molecular weight is 1260 g/mol. The van der Waals surface area contributed by atoms with E-state index in [0.717, 1.165) is 0 Å². The van der Waals surface area contributed by atoms with Gasteiger partial charge in [-0.1, -0.05) is 0 Å². The smallest absolute Gasteiger partial charge is 0.460 e. The van der Waals surface area contributed by atoms with E-state index in [1.54, 1.807) is 0 Å². The lowest BCUT2D eigenvalue weighted by molar-refractivity contribution is -0.440. The minimum atomic E-state index is -8.47. The fourth-order valence-corrected chi connectivity index (χ4v) is 5.47. The highest BCUT2D eigenvalue weighted by Crippen LogP contribution is 2.64. The number of ether oxygens (including phenoxy) is 4. The number of hydrogen-bond acceptors (Lipinski definition) is 5. The van der Waals surface area contributed by atoms with Crippen LogP contribution in [-0.2, 0) is 4.74 Å². The van der Waals surface area contributed by atoms with Gasteiger partial charge < -0.3 is 18.9 Å². The van der Waals surface area contributed by atoms with Gasteiger partial charge in [0.1, 0.15) is 0 Å². The van der Waals surface area contributed by atoms with Crippen molar-refractivity contribution in [3.05, 3.63) is 17.7 Å². The lowest BCUT2D eigenvalue weighted by atomic mass is 9.92. The molecule has 0 aliphatic heterocycles. The summed E-state index contributed by atoms with van der Waals surface area (Å²) in [6.45, 7) is -6.24. The van der Waals surface area contributed by atoms with Gasteiger partial charge in [0.15, 0.2) is 11.5 Å². The van der Waals surface area contributed by atoms with Crippen molar-refractivity contribution in [2.75, 3.05) is 26.9 Å². The Morgan fingerprint density at radius 2 is 0.519 bits per heavy atom. The molecule has 0 radical (unpaired) electrons. The maximum atomic E-state index is 14.4. The van der Waals surface area contributed by atoms with Gasteiger partial charge in [0.05, 0.1) is 32.5 Å². The number of methoxy groups -OCH3 is 1. The predicted molar refractivity (Wildman–Crippen MR) is 174 cm³/mol. The SMILES string of the molecule is COC(=O)c1cc(OCCCC(F)(F)C(F)(F)C(F)(F)C(F)(F)C(F)(F)C(F)(F)F)c(OCCCC(F)(F)C(F)(F)C(F)(F)C(F)(F)C(F)(F)C(F)(F)F)c(OCCCC(F)(F)C(F)(F)C(F)(F)C(F)(F)C(F)(F)C(F)(F)F)c1. The summed E-state index contributed by atoms with van der Waals surface area (Å²) in [6.07, 6.45) is -39.8. The van der Waals surface area contributed by atoms with Gasteiger partial charge >= 0.3 is 113 Å². The minimum absolute atomic E-state index is 0.0609. The Morgan fingerprint density at radius 3 is 0.722 bits per heavy atom. The number of esters is 1. The highest BCUT2D eigenvalue weighted by atomic mass is 19.5. The molecule has 5 nitrogen and oxygen atoms in total. The van der Waals surface area contributed by atoms with Crippen LogP contribution in [0.5, 0.6) is 17.2 Å². The number of carbonyl (C=O) groups excluding carboxylic acids is 1. The lowest BCUT2D eigenvalue weighted by Gasteiger charge is -2.39. The molecule has 0 fully saturated rings. The van der Waals surface area contributed by atoms with Crippen LogP contribution in [0.1, 0.15) is 48.9 Å². The fraction of sp³-hybridized carbons (Fsp3) is 0.800. The Bertz CT molecular complexity index is 2140. The Kier molecular flexibility index (Phi) is 19.8. The number of benzene rings is 1. The molecule has 0 spiro atoms. The monoisotopic (exact) mass is 1260 g/mol. The third-order valence-electron chi connectivity index (χ3n) is 10.1. The number of halogens is 39. The van der Waals surface area contributed by atoms with Crippen LogP contribution >= 0.6 is 0 Å². The van der Waals surface area contributed by atoms with Crippen molar-refractivity contribution in [3.8, 4) is 17.2 Å². The van der Waals surface area contributed by atoms with Crippen LogP contribution in [0.25, 0.3) is 0 Å². The molecule has 0 saturated heterocycles. The van der Waals surface area contributed by atoms with Crippen LogP contribution in [-0.4, -0.2) is 140 Å². The highest BCUT2D eigenvalue weighted by molar-refractivity contribution is 5.91. The second-order valence-electron chi connectivity index (χ2n) is 15.6. The molecule has 1 aromatic rings. The molecule has 0 aliphatic rings. The van der Waals surface area contributed by atoms with Gasteiger partial charge in [-0.2, -0.15) is 171 Å². The van der Waals surface area contributed by atoms with Crippen LogP contribution in [0.4, 0.5) is 171 Å². The zero-order valence-corrected chi connectivity index (χ0v) is 36.8. The third kappa shape index (κ3) is 12.0. The van der Waals surface area contributed by atoms with Crippen LogP contribution in [0.15, 0.2) is 12.1 Å². The lowest BCUT2D eigenvalue weighted by Crippen LogP contribution is -2.70. The zero-order chi connectivity index (χ0) is 63.5. The summed E-state index contributed by atoms with van der Waals surface area (Å²) >= 11 is 0. The zero-order valence-electron chi connectivity index (χ0n) is 36.8. The maximum Gasteiger partial charge on any atom is 0.460 e. The second-order valence-corrected chi connectivity index (χ2v) is 15.6. The summed E-state index contributed by atoms with van der Waals surface area (Å²) < 4.78 is 546. The molecule has 0 saturated carbocycles. The molecule has 0 aliphatic carbocycles. The van der Waals surface area contributed by atoms with Crippen molar-refractivity contribution in [1.82, 2.24) is 0 Å². The average Bonchev–Trinajstić information content (AvgIpc) is 3.25. The number of hydrogen-bond donors (Lipinski definition) is 0. The maximum absolute atomic E-state index is 14.4. The standard InChI is InChI=1S/C35H23F39O5/c1-76-17(75)13-11-14(77-8-2-5-18(36,37)21(42,43)24(48,49)27(54,55)30(60,61)33(66,67)68)16(79-10-4-7-20(40,41)23(46,47)26(52,53)29(58,59)32(64,65)35(72,73)74)15(12-13)78-9-3-6-19(38,39)22(44,45)25(50,51)28(56,57)31(62,63)34(69,70)71/h11-12H,2-10H2,1H3. The van der Waals surface area contributed by atoms with Crippen molar-refractivity contribution in [1.29, 1.82) is 0 Å². The van der Waals surface area contributed by atoms with Crippen LogP contribution in [0.3, 0.4) is 0 Å². The molecule has 0 N–H and O–H groups in total. The molecule has 0 atom stereocenters.